The molecule has 0 N–H and O–H groups in total. The predicted octanol–water partition coefficient (Wildman–Crippen LogP) is 7.27. The number of benzene rings is 2. The van der Waals surface area contributed by atoms with Gasteiger partial charge in [-0.3, -0.25) is 4.98 Å². The second-order valence-electron chi connectivity index (χ2n) is 6.10. The van der Waals surface area contributed by atoms with Crippen molar-refractivity contribution in [3.8, 4) is 0 Å². The summed E-state index contributed by atoms with van der Waals surface area (Å²) >= 11 is 0. The quantitative estimate of drug-likeness (QED) is 0.269. The van der Waals surface area contributed by atoms with Crippen molar-refractivity contribution >= 4 is 35.6 Å². The van der Waals surface area contributed by atoms with E-state index in [0.717, 1.165) is 18.2 Å². The second kappa shape index (κ2) is 12.6. The first-order valence-electron chi connectivity index (χ1n) is 8.46. The van der Waals surface area contributed by atoms with Crippen molar-refractivity contribution in [2.75, 3.05) is 0 Å². The van der Waals surface area contributed by atoms with Crippen molar-refractivity contribution in [3.05, 3.63) is 114 Å². The Hall–Kier alpha value is -2.03. The first-order valence-corrected chi connectivity index (χ1v) is 8.46. The SMILES string of the molecule is Cl.Cl.[CH2-]c1ccccc1C(F)(F)F.[Cr+2].c1ccc(C[c-]2ccc3ccccc32)nc1. The maximum atomic E-state index is 12.0. The zero-order valence-electron chi connectivity index (χ0n) is 15.8. The Morgan fingerprint density at radius 2 is 1.47 bits per heavy atom. The monoisotopic (exact) mass is 489 g/mol. The molecule has 0 aliphatic rings. The van der Waals surface area contributed by atoms with Gasteiger partial charge >= 0.3 is 23.5 Å². The zero-order valence-corrected chi connectivity index (χ0v) is 18.7. The minimum atomic E-state index is -4.28. The molecule has 1 aromatic heterocycles. The Kier molecular flexibility index (Phi) is 11.8. The molecule has 0 unspecified atom stereocenters. The van der Waals surface area contributed by atoms with Crippen LogP contribution in [0.4, 0.5) is 13.2 Å². The first kappa shape index (κ1) is 28.0. The van der Waals surface area contributed by atoms with Crippen molar-refractivity contribution < 1.29 is 30.5 Å². The molecule has 0 atom stereocenters. The average molecular weight is 490 g/mol. The zero-order chi connectivity index (χ0) is 19.3. The predicted molar refractivity (Wildman–Crippen MR) is 117 cm³/mol. The summed E-state index contributed by atoms with van der Waals surface area (Å²) in [5, 5.41) is 2.65. The summed E-state index contributed by atoms with van der Waals surface area (Å²) in [6.07, 6.45) is -1.52. The Morgan fingerprint density at radius 1 is 0.833 bits per heavy atom. The van der Waals surface area contributed by atoms with E-state index in [1.807, 2.05) is 18.3 Å². The Morgan fingerprint density at radius 3 is 2.07 bits per heavy atom. The smallest absolute Gasteiger partial charge is 0.262 e. The molecule has 3 aromatic carbocycles. The molecule has 158 valence electrons. The number of aromatic nitrogens is 1. The van der Waals surface area contributed by atoms with E-state index in [1.54, 1.807) is 0 Å². The van der Waals surface area contributed by atoms with Gasteiger partial charge in [0.2, 0.25) is 0 Å². The fourth-order valence-corrected chi connectivity index (χ4v) is 2.86. The van der Waals surface area contributed by atoms with Crippen molar-refractivity contribution in [3.63, 3.8) is 0 Å². The van der Waals surface area contributed by atoms with E-state index in [9.17, 15) is 13.2 Å². The summed E-state index contributed by atoms with van der Waals surface area (Å²) < 4.78 is 36.0. The standard InChI is InChI=1S/C15H12N.C8H6F3.2ClH.Cr/c1-2-7-15-12(5-1)8-9-13(15)11-14-6-3-4-10-16-14;1-6-4-2-3-5-7(6)8(9,10)11;;;/h1-10H,11H2;2-5H,1H2;2*1H;/q2*-1;;;+2. The summed E-state index contributed by atoms with van der Waals surface area (Å²) in [7, 11) is 0. The largest absolute Gasteiger partial charge is 2.00 e. The third-order valence-electron chi connectivity index (χ3n) is 4.19. The van der Waals surface area contributed by atoms with Crippen LogP contribution in [0.3, 0.4) is 0 Å². The van der Waals surface area contributed by atoms with Crippen LogP contribution in [0.15, 0.2) is 85.1 Å². The van der Waals surface area contributed by atoms with Gasteiger partial charge in [0.25, 0.3) is 0 Å². The van der Waals surface area contributed by atoms with Crippen LogP contribution in [0.25, 0.3) is 10.8 Å². The van der Waals surface area contributed by atoms with Gasteiger partial charge in [0.1, 0.15) is 0 Å². The van der Waals surface area contributed by atoms with Gasteiger partial charge in [0, 0.05) is 11.9 Å². The fourth-order valence-electron chi connectivity index (χ4n) is 2.86. The molecule has 0 bridgehead atoms. The molecule has 0 spiro atoms. The summed E-state index contributed by atoms with van der Waals surface area (Å²) in [4.78, 5) is 4.36. The molecule has 1 nitrogen and oxygen atoms in total. The molecule has 0 radical (unpaired) electrons. The number of halogens is 5. The van der Waals surface area contributed by atoms with Gasteiger partial charge in [0.05, 0.1) is 0 Å². The van der Waals surface area contributed by atoms with Crippen molar-refractivity contribution in [1.29, 1.82) is 0 Å². The summed E-state index contributed by atoms with van der Waals surface area (Å²) in [5.41, 5.74) is 1.83. The molecular formula is C23H20Cl2CrF3N. The Balaban J connectivity index is 0.000000541. The summed E-state index contributed by atoms with van der Waals surface area (Å²) in [5.74, 6) is 0. The number of pyridine rings is 1. The number of rotatable bonds is 2. The van der Waals surface area contributed by atoms with E-state index in [1.165, 1.54) is 34.5 Å². The molecule has 7 heteroatoms. The second-order valence-corrected chi connectivity index (χ2v) is 6.10. The average Bonchev–Trinajstić information content (AvgIpc) is 3.06. The molecular weight excluding hydrogens is 470 g/mol. The molecule has 0 amide bonds. The van der Waals surface area contributed by atoms with Crippen LogP contribution in [-0.2, 0) is 30.0 Å². The van der Waals surface area contributed by atoms with Crippen LogP contribution in [0.5, 0.6) is 0 Å². The van der Waals surface area contributed by atoms with E-state index >= 15 is 0 Å². The molecule has 0 saturated heterocycles. The van der Waals surface area contributed by atoms with Gasteiger partial charge in [-0.2, -0.15) is 37.8 Å². The number of fused-ring (bicyclic) bond motifs is 1. The maximum Gasteiger partial charge on any atom is 2.00 e. The molecule has 0 fully saturated rings. The number of alkyl halides is 3. The van der Waals surface area contributed by atoms with Crippen molar-refractivity contribution in [1.82, 2.24) is 4.98 Å². The van der Waals surface area contributed by atoms with E-state index in [0.29, 0.717) is 0 Å². The van der Waals surface area contributed by atoms with Crippen LogP contribution >= 0.6 is 24.8 Å². The molecule has 30 heavy (non-hydrogen) atoms. The van der Waals surface area contributed by atoms with E-state index < -0.39 is 11.7 Å². The maximum absolute atomic E-state index is 12.0. The minimum absolute atomic E-state index is 0. The number of hydrogen-bond acceptors (Lipinski definition) is 1. The van der Waals surface area contributed by atoms with Crippen molar-refractivity contribution in [2.24, 2.45) is 0 Å². The molecule has 0 aliphatic carbocycles. The van der Waals surface area contributed by atoms with E-state index in [-0.39, 0.29) is 47.7 Å². The van der Waals surface area contributed by atoms with Gasteiger partial charge in [-0.15, -0.1) is 77.5 Å². The number of hydrogen-bond donors (Lipinski definition) is 0. The van der Waals surface area contributed by atoms with Crippen LogP contribution in [0.1, 0.15) is 22.4 Å². The van der Waals surface area contributed by atoms with Crippen molar-refractivity contribution in [2.45, 2.75) is 12.6 Å². The third kappa shape index (κ3) is 7.34. The molecule has 4 aromatic rings. The van der Waals surface area contributed by atoms with E-state index in [2.05, 4.69) is 54.4 Å². The topological polar surface area (TPSA) is 12.9 Å². The van der Waals surface area contributed by atoms with Crippen LogP contribution in [0, 0.1) is 6.92 Å². The Labute approximate surface area is 197 Å². The van der Waals surface area contributed by atoms with Crippen LogP contribution in [0.2, 0.25) is 0 Å². The van der Waals surface area contributed by atoms with Gasteiger partial charge in [-0.25, -0.2) is 0 Å². The van der Waals surface area contributed by atoms with Gasteiger partial charge in [0.15, 0.2) is 0 Å². The van der Waals surface area contributed by atoms with E-state index in [4.69, 9.17) is 0 Å². The first-order chi connectivity index (χ1) is 12.9. The molecule has 4 rings (SSSR count). The van der Waals surface area contributed by atoms with Gasteiger partial charge in [-0.1, -0.05) is 18.2 Å². The number of nitrogens with zero attached hydrogens (tertiary/aromatic N) is 1. The Bertz CT molecular complexity index is 1020. The normalized spacial score (nSPS) is 9.97. The minimum Gasteiger partial charge on any atom is -0.262 e. The summed E-state index contributed by atoms with van der Waals surface area (Å²) in [6.45, 7) is 3.27. The molecule has 0 saturated carbocycles. The van der Waals surface area contributed by atoms with Gasteiger partial charge < -0.3 is 0 Å². The summed E-state index contributed by atoms with van der Waals surface area (Å²) in [6, 6.07) is 24.1. The molecule has 0 aliphatic heterocycles. The van der Waals surface area contributed by atoms with Crippen LogP contribution in [-0.4, -0.2) is 4.98 Å². The molecule has 1 heterocycles. The van der Waals surface area contributed by atoms with Crippen LogP contribution < -0.4 is 0 Å². The fraction of sp³-hybridized carbons (Fsp3) is 0.0870. The third-order valence-corrected chi connectivity index (χ3v) is 4.19. The van der Waals surface area contributed by atoms with Gasteiger partial charge in [-0.05, 0) is 24.1 Å².